The number of anilines is 1. The number of methoxy groups -OCH3 is 2. The molecule has 12 nitrogen and oxygen atoms in total. The lowest BCUT2D eigenvalue weighted by molar-refractivity contribution is -0.139. The minimum atomic E-state index is -1.26. The Hall–Kier alpha value is -3.84. The summed E-state index contributed by atoms with van der Waals surface area (Å²) in [6.45, 7) is 1.59. The summed E-state index contributed by atoms with van der Waals surface area (Å²) < 4.78 is 10.9. The summed E-state index contributed by atoms with van der Waals surface area (Å²) in [5.74, 6) is -0.972. The fraction of sp³-hybridized carbons (Fsp3) is 0.438. The minimum Gasteiger partial charge on any atom is -0.493 e. The number of fused-ring (bicyclic) bond motifs is 1. The van der Waals surface area contributed by atoms with E-state index in [-0.39, 0.29) is 17.7 Å². The Balaban J connectivity index is 0.000000637. The Morgan fingerprint density at radius 1 is 1.02 bits per heavy atom. The van der Waals surface area contributed by atoms with Gasteiger partial charge in [0.25, 0.3) is 0 Å². The molecular weight excluding hydrogens is 639 g/mol. The van der Waals surface area contributed by atoms with Gasteiger partial charge >= 0.3 is 11.9 Å². The number of aliphatic hydroxyl groups excluding tert-OH is 1. The number of nitrogens with one attached hydrogen (secondary N) is 1. The third-order valence-electron chi connectivity index (χ3n) is 7.76. The highest BCUT2D eigenvalue weighted by Crippen LogP contribution is 2.39. The first-order chi connectivity index (χ1) is 22.0. The molecule has 0 saturated heterocycles. The van der Waals surface area contributed by atoms with E-state index in [1.165, 1.54) is 0 Å². The summed E-state index contributed by atoms with van der Waals surface area (Å²) in [6, 6.07) is 9.10. The second kappa shape index (κ2) is 17.7. The summed E-state index contributed by atoms with van der Waals surface area (Å²) >= 11 is 12.2. The van der Waals surface area contributed by atoms with Crippen molar-refractivity contribution in [3.05, 3.63) is 63.7 Å². The van der Waals surface area contributed by atoms with Crippen molar-refractivity contribution < 1.29 is 39.2 Å². The highest BCUT2D eigenvalue weighted by Gasteiger charge is 2.41. The molecule has 0 spiro atoms. The van der Waals surface area contributed by atoms with Crippen molar-refractivity contribution in [1.29, 1.82) is 0 Å². The number of hydrogen-bond acceptors (Lipinski definition) is 9. The standard InChI is InChI=1S/C28H36Cl2N4O4.C4H4O4/c1-37-24-10-9-17(15-25(24)38-2)27-19-7-3-4-8-20(19)28(36)34(33-27)12-6-5-11-32-16-23(35)18-13-21(29)26(31)22(30)14-18;5-3(6)1-2-4(7)8/h9-10,13-15,19-20,23,32,35H,3-8,11-12,16,31H2,1-2H3;1-2H,(H,5,6)(H,7,8). The molecular formula is C32H40Cl2N4O8. The van der Waals surface area contributed by atoms with Crippen LogP contribution in [0.1, 0.15) is 55.8 Å². The third kappa shape index (κ3) is 10.1. The first-order valence-electron chi connectivity index (χ1n) is 14.9. The van der Waals surface area contributed by atoms with Gasteiger partial charge in [-0.3, -0.25) is 4.79 Å². The maximum atomic E-state index is 13.3. The number of aliphatic hydroxyl groups is 1. The average molecular weight is 680 g/mol. The van der Waals surface area contributed by atoms with Crippen LogP contribution in [0.4, 0.5) is 5.69 Å². The van der Waals surface area contributed by atoms with Crippen molar-refractivity contribution in [3.63, 3.8) is 0 Å². The molecule has 14 heteroatoms. The molecule has 2 aliphatic rings. The fourth-order valence-electron chi connectivity index (χ4n) is 5.43. The van der Waals surface area contributed by atoms with Crippen LogP contribution in [-0.4, -0.2) is 77.7 Å². The molecule has 1 amide bonds. The zero-order valence-corrected chi connectivity index (χ0v) is 27.3. The van der Waals surface area contributed by atoms with Gasteiger partial charge in [0.2, 0.25) is 5.91 Å². The van der Waals surface area contributed by atoms with Crippen molar-refractivity contribution >= 4 is 52.4 Å². The molecule has 6 N–H and O–H groups in total. The van der Waals surface area contributed by atoms with Crippen LogP contribution in [0.5, 0.6) is 11.5 Å². The van der Waals surface area contributed by atoms with Crippen molar-refractivity contribution in [2.24, 2.45) is 16.9 Å². The van der Waals surface area contributed by atoms with Crippen LogP contribution in [0.2, 0.25) is 10.0 Å². The van der Waals surface area contributed by atoms with Crippen LogP contribution >= 0.6 is 23.2 Å². The maximum absolute atomic E-state index is 13.3. The lowest BCUT2D eigenvalue weighted by Crippen LogP contribution is -2.46. The van der Waals surface area contributed by atoms with E-state index in [4.69, 9.17) is 53.7 Å². The zero-order chi connectivity index (χ0) is 33.8. The van der Waals surface area contributed by atoms with Crippen LogP contribution in [0.25, 0.3) is 0 Å². The summed E-state index contributed by atoms with van der Waals surface area (Å²) in [5, 5.41) is 36.5. The lowest BCUT2D eigenvalue weighted by Gasteiger charge is -2.38. The van der Waals surface area contributed by atoms with Gasteiger partial charge in [-0.15, -0.1) is 0 Å². The number of carbonyl (C=O) groups excluding carboxylic acids is 1. The van der Waals surface area contributed by atoms with Gasteiger partial charge in [-0.25, -0.2) is 14.6 Å². The van der Waals surface area contributed by atoms with E-state index in [0.29, 0.717) is 64.6 Å². The van der Waals surface area contributed by atoms with Crippen LogP contribution in [0.3, 0.4) is 0 Å². The molecule has 4 rings (SSSR count). The smallest absolute Gasteiger partial charge is 0.328 e. The quantitative estimate of drug-likeness (QED) is 0.112. The molecule has 0 aromatic heterocycles. The van der Waals surface area contributed by atoms with Gasteiger partial charge in [0.05, 0.1) is 41.8 Å². The molecule has 1 heterocycles. The molecule has 2 aromatic carbocycles. The number of carbonyl (C=O) groups is 3. The van der Waals surface area contributed by atoms with Crippen LogP contribution in [-0.2, 0) is 14.4 Å². The molecule has 1 aliphatic heterocycles. The Morgan fingerprint density at radius 3 is 2.22 bits per heavy atom. The summed E-state index contributed by atoms with van der Waals surface area (Å²) in [7, 11) is 3.24. The van der Waals surface area contributed by atoms with E-state index in [1.54, 1.807) is 31.4 Å². The topological polar surface area (TPSA) is 184 Å². The maximum Gasteiger partial charge on any atom is 0.328 e. The first kappa shape index (κ1) is 36.6. The SMILES string of the molecule is COc1ccc(C2=NN(CCCCNCC(O)c3cc(Cl)c(N)c(Cl)c3)C(=O)C3CCCCC23)cc1OC.O=C(O)C=CC(=O)O. The first-order valence-corrected chi connectivity index (χ1v) is 15.6. The summed E-state index contributed by atoms with van der Waals surface area (Å²) in [5.41, 5.74) is 8.61. The van der Waals surface area contributed by atoms with E-state index in [0.717, 1.165) is 49.8 Å². The predicted octanol–water partition coefficient (Wildman–Crippen LogP) is 4.76. The van der Waals surface area contributed by atoms with Crippen LogP contribution in [0, 0.1) is 11.8 Å². The van der Waals surface area contributed by atoms with Gasteiger partial charge in [-0.1, -0.05) is 36.0 Å². The van der Waals surface area contributed by atoms with Crippen molar-refractivity contribution in [3.8, 4) is 11.5 Å². The van der Waals surface area contributed by atoms with Gasteiger partial charge < -0.3 is 35.8 Å². The predicted molar refractivity (Wildman–Crippen MR) is 176 cm³/mol. The second-order valence-corrected chi connectivity index (χ2v) is 11.7. The van der Waals surface area contributed by atoms with E-state index in [9.17, 15) is 19.5 Å². The number of aliphatic carboxylic acids is 2. The number of halogens is 2. The molecule has 1 saturated carbocycles. The number of unbranched alkanes of at least 4 members (excludes halogenated alkanes) is 1. The Bertz CT molecular complexity index is 1410. The number of rotatable bonds is 13. The Morgan fingerprint density at radius 2 is 1.63 bits per heavy atom. The Labute approximate surface area is 277 Å². The number of ether oxygens (including phenoxy) is 2. The van der Waals surface area contributed by atoms with Crippen molar-refractivity contribution in [1.82, 2.24) is 10.3 Å². The summed E-state index contributed by atoms with van der Waals surface area (Å²) in [4.78, 5) is 32.4. The molecule has 3 unspecified atom stereocenters. The summed E-state index contributed by atoms with van der Waals surface area (Å²) in [6.07, 6.45) is 6.00. The van der Waals surface area contributed by atoms with E-state index >= 15 is 0 Å². The third-order valence-corrected chi connectivity index (χ3v) is 8.39. The fourth-order valence-corrected chi connectivity index (χ4v) is 5.94. The zero-order valence-electron chi connectivity index (χ0n) is 25.7. The van der Waals surface area contributed by atoms with Crippen LogP contribution < -0.4 is 20.5 Å². The molecule has 250 valence electrons. The highest BCUT2D eigenvalue weighted by atomic mass is 35.5. The number of amides is 1. The van der Waals surface area contributed by atoms with Gasteiger partial charge in [0.1, 0.15) is 0 Å². The van der Waals surface area contributed by atoms with E-state index in [2.05, 4.69) is 5.32 Å². The molecule has 0 bridgehead atoms. The molecule has 1 aliphatic carbocycles. The number of benzene rings is 2. The lowest BCUT2D eigenvalue weighted by atomic mass is 9.73. The van der Waals surface area contributed by atoms with E-state index < -0.39 is 18.0 Å². The minimum absolute atomic E-state index is 0.0313. The highest BCUT2D eigenvalue weighted by molar-refractivity contribution is 6.38. The van der Waals surface area contributed by atoms with Gasteiger partial charge in [0, 0.05) is 42.6 Å². The molecule has 0 radical (unpaired) electrons. The number of carboxylic acid groups (broad SMARTS) is 2. The second-order valence-electron chi connectivity index (χ2n) is 10.8. The van der Waals surface area contributed by atoms with Crippen LogP contribution in [0.15, 0.2) is 47.6 Å². The molecule has 1 fully saturated rings. The van der Waals surface area contributed by atoms with Gasteiger partial charge in [-0.2, -0.15) is 5.10 Å². The van der Waals surface area contributed by atoms with E-state index in [1.807, 2.05) is 18.2 Å². The average Bonchev–Trinajstić information content (AvgIpc) is 3.04. The van der Waals surface area contributed by atoms with Crippen molar-refractivity contribution in [2.75, 3.05) is 39.6 Å². The van der Waals surface area contributed by atoms with Gasteiger partial charge in [0.15, 0.2) is 11.5 Å². The van der Waals surface area contributed by atoms with Crippen molar-refractivity contribution in [2.45, 2.75) is 44.6 Å². The monoisotopic (exact) mass is 678 g/mol. The van der Waals surface area contributed by atoms with Gasteiger partial charge in [-0.05, 0) is 68.1 Å². The number of hydrazone groups is 1. The number of hydrogen-bond donors (Lipinski definition) is 5. The molecule has 2 aromatic rings. The Kier molecular flexibility index (Phi) is 14.1. The number of nitrogens with two attached hydrogens (primary N) is 1. The molecule has 46 heavy (non-hydrogen) atoms. The normalized spacial score (nSPS) is 18.2. The molecule has 3 atom stereocenters. The largest absolute Gasteiger partial charge is 0.493 e. The number of nitrogen functional groups attached to an aromatic ring is 1. The number of carboxylic acids is 2. The number of nitrogens with zero attached hydrogens (tertiary/aromatic N) is 2.